The molecule has 1 heterocycles. The lowest BCUT2D eigenvalue weighted by atomic mass is 10.0. The molecule has 2 rings (SSSR count). The fourth-order valence-corrected chi connectivity index (χ4v) is 2.52. The second kappa shape index (κ2) is 5.74. The number of carbonyl (C=O) groups is 1. The number of rotatable bonds is 3. The Balaban J connectivity index is 1.85. The maximum absolute atomic E-state index is 12.2. The van der Waals surface area contributed by atoms with Crippen molar-refractivity contribution in [3.8, 4) is 0 Å². The van der Waals surface area contributed by atoms with Crippen LogP contribution in [0.4, 0.5) is 0 Å². The lowest BCUT2D eigenvalue weighted by Gasteiger charge is -2.39. The van der Waals surface area contributed by atoms with Crippen LogP contribution in [0.15, 0.2) is 24.3 Å². The minimum atomic E-state index is 0.0395. The number of hydrogen-bond acceptors (Lipinski definition) is 2. The number of amides is 1. The van der Waals surface area contributed by atoms with Gasteiger partial charge in [-0.25, -0.2) is 0 Å². The summed E-state index contributed by atoms with van der Waals surface area (Å²) in [6.07, 6.45) is 1.45. The Kier molecular flexibility index (Phi) is 4.25. The van der Waals surface area contributed by atoms with Crippen molar-refractivity contribution in [1.29, 1.82) is 0 Å². The summed E-state index contributed by atoms with van der Waals surface area (Å²) in [6.45, 7) is 8.90. The van der Waals surface area contributed by atoms with Gasteiger partial charge in [0.05, 0.1) is 0 Å². The summed E-state index contributed by atoms with van der Waals surface area (Å²) in [5, 5.41) is 3.43. The molecule has 0 aromatic heterocycles. The molecule has 0 radical (unpaired) electrons. The van der Waals surface area contributed by atoms with Crippen LogP contribution in [0.5, 0.6) is 0 Å². The molecule has 1 aliphatic heterocycles. The molecule has 19 heavy (non-hydrogen) atoms. The SMILES string of the molecule is Cc1ccc(CCC(=O)N2CCNC(C)(C)C2)cc1. The summed E-state index contributed by atoms with van der Waals surface area (Å²) in [6, 6.07) is 8.44. The summed E-state index contributed by atoms with van der Waals surface area (Å²) in [7, 11) is 0. The Labute approximate surface area is 116 Å². The highest BCUT2D eigenvalue weighted by atomic mass is 16.2. The fourth-order valence-electron chi connectivity index (χ4n) is 2.52. The highest BCUT2D eigenvalue weighted by Gasteiger charge is 2.28. The average Bonchev–Trinajstić information content (AvgIpc) is 2.36. The van der Waals surface area contributed by atoms with E-state index in [4.69, 9.17) is 0 Å². The molecular weight excluding hydrogens is 236 g/mol. The molecule has 0 bridgehead atoms. The zero-order valence-corrected chi connectivity index (χ0v) is 12.2. The number of nitrogens with zero attached hydrogens (tertiary/aromatic N) is 1. The normalized spacial score (nSPS) is 18.4. The second-order valence-electron chi connectivity index (χ2n) is 6.11. The molecule has 1 aromatic carbocycles. The molecule has 0 unspecified atom stereocenters. The molecular formula is C16H24N2O. The van der Waals surface area contributed by atoms with E-state index in [1.807, 2.05) is 4.90 Å². The van der Waals surface area contributed by atoms with Crippen LogP contribution >= 0.6 is 0 Å². The molecule has 1 aromatic rings. The standard InChI is InChI=1S/C16H24N2O/c1-13-4-6-14(7-5-13)8-9-15(19)18-11-10-17-16(2,3)12-18/h4-7,17H,8-12H2,1-3H3. The van der Waals surface area contributed by atoms with Gasteiger partial charge in [0.2, 0.25) is 5.91 Å². The molecule has 1 saturated heterocycles. The van der Waals surface area contributed by atoms with Crippen molar-refractivity contribution in [1.82, 2.24) is 10.2 Å². The number of piperazine rings is 1. The molecule has 104 valence electrons. The topological polar surface area (TPSA) is 32.3 Å². The third-order valence-electron chi connectivity index (χ3n) is 3.67. The zero-order valence-electron chi connectivity index (χ0n) is 12.2. The molecule has 0 spiro atoms. The van der Waals surface area contributed by atoms with E-state index in [9.17, 15) is 4.79 Å². The number of aryl methyl sites for hydroxylation is 2. The van der Waals surface area contributed by atoms with Crippen molar-refractivity contribution in [2.75, 3.05) is 19.6 Å². The van der Waals surface area contributed by atoms with Crippen LogP contribution in [0.3, 0.4) is 0 Å². The number of nitrogens with one attached hydrogen (secondary N) is 1. The minimum Gasteiger partial charge on any atom is -0.340 e. The monoisotopic (exact) mass is 260 g/mol. The Morgan fingerprint density at radius 3 is 2.63 bits per heavy atom. The first-order chi connectivity index (χ1) is 8.96. The highest BCUT2D eigenvalue weighted by Crippen LogP contribution is 2.13. The van der Waals surface area contributed by atoms with Gasteiger partial charge >= 0.3 is 0 Å². The summed E-state index contributed by atoms with van der Waals surface area (Å²) < 4.78 is 0. The third kappa shape index (κ3) is 4.06. The fraction of sp³-hybridized carbons (Fsp3) is 0.562. The van der Waals surface area contributed by atoms with Crippen molar-refractivity contribution in [2.24, 2.45) is 0 Å². The summed E-state index contributed by atoms with van der Waals surface area (Å²) in [4.78, 5) is 14.2. The maximum Gasteiger partial charge on any atom is 0.223 e. The van der Waals surface area contributed by atoms with E-state index in [-0.39, 0.29) is 11.4 Å². The van der Waals surface area contributed by atoms with Gasteiger partial charge in [-0.3, -0.25) is 4.79 Å². The lowest BCUT2D eigenvalue weighted by Crippen LogP contribution is -2.58. The van der Waals surface area contributed by atoms with Crippen molar-refractivity contribution in [2.45, 2.75) is 39.2 Å². The number of carbonyl (C=O) groups excluding carboxylic acids is 1. The number of benzene rings is 1. The van der Waals surface area contributed by atoms with Gasteiger partial charge < -0.3 is 10.2 Å². The van der Waals surface area contributed by atoms with Crippen LogP contribution in [0.2, 0.25) is 0 Å². The van der Waals surface area contributed by atoms with Crippen LogP contribution in [0.25, 0.3) is 0 Å². The Bertz CT molecular complexity index is 437. The van der Waals surface area contributed by atoms with E-state index in [2.05, 4.69) is 50.4 Å². The number of hydrogen-bond donors (Lipinski definition) is 1. The first kappa shape index (κ1) is 14.1. The smallest absolute Gasteiger partial charge is 0.223 e. The van der Waals surface area contributed by atoms with Gasteiger partial charge in [-0.05, 0) is 32.8 Å². The molecule has 1 fully saturated rings. The Morgan fingerprint density at radius 1 is 1.32 bits per heavy atom. The summed E-state index contributed by atoms with van der Waals surface area (Å²) >= 11 is 0. The summed E-state index contributed by atoms with van der Waals surface area (Å²) in [5.74, 6) is 0.273. The molecule has 1 aliphatic rings. The third-order valence-corrected chi connectivity index (χ3v) is 3.67. The molecule has 1 N–H and O–H groups in total. The zero-order chi connectivity index (χ0) is 13.9. The second-order valence-corrected chi connectivity index (χ2v) is 6.11. The van der Waals surface area contributed by atoms with Crippen LogP contribution in [0, 0.1) is 6.92 Å². The van der Waals surface area contributed by atoms with Gasteiger partial charge in [0.1, 0.15) is 0 Å². The summed E-state index contributed by atoms with van der Waals surface area (Å²) in [5.41, 5.74) is 2.55. The quantitative estimate of drug-likeness (QED) is 0.903. The molecule has 0 aliphatic carbocycles. The van der Waals surface area contributed by atoms with Crippen molar-refractivity contribution in [3.05, 3.63) is 35.4 Å². The van der Waals surface area contributed by atoms with Crippen LogP contribution in [0.1, 0.15) is 31.4 Å². The van der Waals surface area contributed by atoms with Crippen molar-refractivity contribution in [3.63, 3.8) is 0 Å². The predicted molar refractivity (Wildman–Crippen MR) is 78.2 cm³/mol. The van der Waals surface area contributed by atoms with Gasteiger partial charge in [-0.2, -0.15) is 0 Å². The van der Waals surface area contributed by atoms with Gasteiger partial charge in [0, 0.05) is 31.6 Å². The average molecular weight is 260 g/mol. The van der Waals surface area contributed by atoms with Crippen LogP contribution in [-0.4, -0.2) is 36.0 Å². The molecule has 3 heteroatoms. The Hall–Kier alpha value is -1.35. The van der Waals surface area contributed by atoms with Gasteiger partial charge in [0.15, 0.2) is 0 Å². The molecule has 1 amide bonds. The molecule has 3 nitrogen and oxygen atoms in total. The van der Waals surface area contributed by atoms with Gasteiger partial charge in [0.25, 0.3) is 0 Å². The van der Waals surface area contributed by atoms with E-state index < -0.39 is 0 Å². The first-order valence-electron chi connectivity index (χ1n) is 7.05. The van der Waals surface area contributed by atoms with Crippen LogP contribution < -0.4 is 5.32 Å². The lowest BCUT2D eigenvalue weighted by molar-refractivity contribution is -0.133. The maximum atomic E-state index is 12.2. The van der Waals surface area contributed by atoms with E-state index in [0.29, 0.717) is 6.42 Å². The van der Waals surface area contributed by atoms with Gasteiger partial charge in [-0.1, -0.05) is 29.8 Å². The predicted octanol–water partition coefficient (Wildman–Crippen LogP) is 2.14. The van der Waals surface area contributed by atoms with E-state index in [1.165, 1.54) is 11.1 Å². The minimum absolute atomic E-state index is 0.0395. The Morgan fingerprint density at radius 2 is 2.00 bits per heavy atom. The van der Waals surface area contributed by atoms with Gasteiger partial charge in [-0.15, -0.1) is 0 Å². The van der Waals surface area contributed by atoms with E-state index in [0.717, 1.165) is 26.1 Å². The van der Waals surface area contributed by atoms with Crippen molar-refractivity contribution < 1.29 is 4.79 Å². The first-order valence-corrected chi connectivity index (χ1v) is 7.05. The van der Waals surface area contributed by atoms with E-state index >= 15 is 0 Å². The van der Waals surface area contributed by atoms with E-state index in [1.54, 1.807) is 0 Å². The van der Waals surface area contributed by atoms with Crippen LogP contribution in [-0.2, 0) is 11.2 Å². The largest absolute Gasteiger partial charge is 0.340 e. The molecule has 0 atom stereocenters. The highest BCUT2D eigenvalue weighted by molar-refractivity contribution is 5.76. The molecule has 0 saturated carbocycles. The van der Waals surface area contributed by atoms with Crippen molar-refractivity contribution >= 4 is 5.91 Å².